The quantitative estimate of drug-likeness (QED) is 0.772. The summed E-state index contributed by atoms with van der Waals surface area (Å²) in [5.74, 6) is 0.993. The van der Waals surface area contributed by atoms with Gasteiger partial charge in [0.15, 0.2) is 18.1 Å². The van der Waals surface area contributed by atoms with Crippen LogP contribution in [0.2, 0.25) is 5.02 Å². The molecule has 116 valence electrons. The third kappa shape index (κ3) is 4.79. The summed E-state index contributed by atoms with van der Waals surface area (Å²) in [5, 5.41) is 6.69. The molecule has 1 amide bonds. The van der Waals surface area contributed by atoms with Crippen LogP contribution in [0.15, 0.2) is 12.1 Å². The van der Waals surface area contributed by atoms with E-state index >= 15 is 0 Å². The summed E-state index contributed by atoms with van der Waals surface area (Å²) in [6.07, 6.45) is 2.11. The molecule has 0 bridgehead atoms. The monoisotopic (exact) mass is 312 g/mol. The molecule has 1 fully saturated rings. The lowest BCUT2D eigenvalue weighted by atomic mass is 10.2. The molecule has 2 N–H and O–H groups in total. The number of nitrogens with one attached hydrogen (secondary N) is 2. The fraction of sp³-hybridized carbons (Fsp3) is 0.533. The molecule has 5 nitrogen and oxygen atoms in total. The third-order valence-electron chi connectivity index (χ3n) is 3.17. The topological polar surface area (TPSA) is 59.6 Å². The highest BCUT2D eigenvalue weighted by molar-refractivity contribution is 6.30. The molecule has 0 aliphatic heterocycles. The van der Waals surface area contributed by atoms with Crippen LogP contribution in [-0.2, 0) is 11.3 Å². The molecule has 0 unspecified atom stereocenters. The maximum Gasteiger partial charge on any atom is 0.258 e. The number of ether oxygens (including phenoxy) is 2. The van der Waals surface area contributed by atoms with Gasteiger partial charge in [0.2, 0.25) is 0 Å². The minimum atomic E-state index is -0.107. The van der Waals surface area contributed by atoms with E-state index in [1.165, 1.54) is 0 Å². The van der Waals surface area contributed by atoms with Crippen LogP contribution >= 0.6 is 11.6 Å². The van der Waals surface area contributed by atoms with Crippen molar-refractivity contribution in [3.63, 3.8) is 0 Å². The zero-order chi connectivity index (χ0) is 15.2. The van der Waals surface area contributed by atoms with Gasteiger partial charge in [0.25, 0.3) is 5.91 Å². The van der Waals surface area contributed by atoms with Crippen molar-refractivity contribution in [2.24, 2.45) is 0 Å². The van der Waals surface area contributed by atoms with Gasteiger partial charge in [-0.2, -0.15) is 0 Å². The molecule has 1 aromatic rings. The number of rotatable bonds is 8. The second-order valence-corrected chi connectivity index (χ2v) is 5.44. The van der Waals surface area contributed by atoms with E-state index in [2.05, 4.69) is 10.6 Å². The van der Waals surface area contributed by atoms with Gasteiger partial charge in [-0.05, 0) is 25.5 Å². The van der Waals surface area contributed by atoms with Gasteiger partial charge in [-0.25, -0.2) is 0 Å². The maximum atomic E-state index is 11.7. The first kappa shape index (κ1) is 15.9. The maximum absolute atomic E-state index is 11.7. The van der Waals surface area contributed by atoms with Gasteiger partial charge in [0, 0.05) is 29.2 Å². The van der Waals surface area contributed by atoms with Crippen LogP contribution in [-0.4, -0.2) is 32.2 Å². The van der Waals surface area contributed by atoms with Gasteiger partial charge in [-0.1, -0.05) is 18.5 Å². The molecular formula is C15H21ClN2O3. The van der Waals surface area contributed by atoms with Crippen molar-refractivity contribution in [3.05, 3.63) is 22.7 Å². The molecule has 2 rings (SSSR count). The van der Waals surface area contributed by atoms with Crippen LogP contribution in [0.3, 0.4) is 0 Å². The van der Waals surface area contributed by atoms with Crippen LogP contribution < -0.4 is 20.1 Å². The molecule has 1 aromatic carbocycles. The molecule has 0 saturated heterocycles. The Bertz CT molecular complexity index is 504. The molecule has 0 aromatic heterocycles. The highest BCUT2D eigenvalue weighted by atomic mass is 35.5. The summed E-state index contributed by atoms with van der Waals surface area (Å²) in [5.41, 5.74) is 0.875. The Labute approximate surface area is 130 Å². The van der Waals surface area contributed by atoms with Crippen molar-refractivity contribution >= 4 is 17.5 Å². The summed E-state index contributed by atoms with van der Waals surface area (Å²) in [6, 6.07) is 3.83. The predicted molar refractivity (Wildman–Crippen MR) is 82.0 cm³/mol. The highest BCUT2D eigenvalue weighted by Gasteiger charge is 2.23. The fourth-order valence-electron chi connectivity index (χ4n) is 1.96. The lowest BCUT2D eigenvalue weighted by Gasteiger charge is -2.16. The molecule has 0 heterocycles. The number of amides is 1. The van der Waals surface area contributed by atoms with Crippen LogP contribution in [0.1, 0.15) is 25.3 Å². The first-order chi connectivity index (χ1) is 10.1. The Morgan fingerprint density at radius 2 is 2.19 bits per heavy atom. The SMILES string of the molecule is CCNCc1cc(Cl)cc(OC)c1OCC(=O)NC1CC1. The minimum absolute atomic E-state index is 0.0202. The van der Waals surface area contributed by atoms with Crippen molar-refractivity contribution in [2.45, 2.75) is 32.4 Å². The van der Waals surface area contributed by atoms with Crippen molar-refractivity contribution < 1.29 is 14.3 Å². The second-order valence-electron chi connectivity index (χ2n) is 5.01. The largest absolute Gasteiger partial charge is 0.493 e. The van der Waals surface area contributed by atoms with E-state index in [0.29, 0.717) is 29.1 Å². The van der Waals surface area contributed by atoms with Crippen molar-refractivity contribution in [1.82, 2.24) is 10.6 Å². The minimum Gasteiger partial charge on any atom is -0.493 e. The van der Waals surface area contributed by atoms with E-state index < -0.39 is 0 Å². The van der Waals surface area contributed by atoms with Crippen LogP contribution in [0.4, 0.5) is 0 Å². The highest BCUT2D eigenvalue weighted by Crippen LogP contribution is 2.34. The van der Waals surface area contributed by atoms with E-state index in [4.69, 9.17) is 21.1 Å². The summed E-state index contributed by atoms with van der Waals surface area (Å²) in [4.78, 5) is 11.7. The van der Waals surface area contributed by atoms with Crippen molar-refractivity contribution in [3.8, 4) is 11.5 Å². The van der Waals surface area contributed by atoms with Crippen LogP contribution in [0.25, 0.3) is 0 Å². The first-order valence-electron chi connectivity index (χ1n) is 7.13. The Hall–Kier alpha value is -1.46. The van der Waals surface area contributed by atoms with Crippen molar-refractivity contribution in [1.29, 1.82) is 0 Å². The third-order valence-corrected chi connectivity index (χ3v) is 3.39. The van der Waals surface area contributed by atoms with Gasteiger partial charge < -0.3 is 20.1 Å². The molecule has 0 spiro atoms. The lowest BCUT2D eigenvalue weighted by Crippen LogP contribution is -2.30. The van der Waals surface area contributed by atoms with E-state index in [9.17, 15) is 4.79 Å². The van der Waals surface area contributed by atoms with Crippen molar-refractivity contribution in [2.75, 3.05) is 20.3 Å². The van der Waals surface area contributed by atoms with Crippen LogP contribution in [0.5, 0.6) is 11.5 Å². The second kappa shape index (κ2) is 7.52. The van der Waals surface area contributed by atoms with E-state index in [1.54, 1.807) is 13.2 Å². The Balaban J connectivity index is 2.07. The Morgan fingerprint density at radius 3 is 2.81 bits per heavy atom. The molecule has 0 radical (unpaired) electrons. The van der Waals surface area contributed by atoms with Crippen LogP contribution in [0, 0.1) is 0 Å². The molecule has 1 saturated carbocycles. The molecule has 1 aliphatic rings. The van der Waals surface area contributed by atoms with E-state index in [-0.39, 0.29) is 12.5 Å². The average Bonchev–Trinajstić information content (AvgIpc) is 3.26. The normalized spacial score (nSPS) is 13.9. The number of benzene rings is 1. The molecular weight excluding hydrogens is 292 g/mol. The summed E-state index contributed by atoms with van der Waals surface area (Å²) < 4.78 is 11.0. The Morgan fingerprint density at radius 1 is 1.43 bits per heavy atom. The number of carbonyl (C=O) groups excluding carboxylic acids is 1. The molecule has 0 atom stereocenters. The summed E-state index contributed by atoms with van der Waals surface area (Å²) >= 11 is 6.08. The van der Waals surface area contributed by atoms with Gasteiger partial charge in [0.05, 0.1) is 7.11 Å². The van der Waals surface area contributed by atoms with E-state index in [1.807, 2.05) is 13.0 Å². The van der Waals surface area contributed by atoms with Gasteiger partial charge in [0.1, 0.15) is 0 Å². The summed E-state index contributed by atoms with van der Waals surface area (Å²) in [6.45, 7) is 3.43. The number of hydrogen-bond acceptors (Lipinski definition) is 4. The first-order valence-corrected chi connectivity index (χ1v) is 7.51. The fourth-order valence-corrected chi connectivity index (χ4v) is 2.19. The number of halogens is 1. The van der Waals surface area contributed by atoms with Gasteiger partial charge in [-0.15, -0.1) is 0 Å². The lowest BCUT2D eigenvalue weighted by molar-refractivity contribution is -0.123. The number of hydrogen-bond donors (Lipinski definition) is 2. The predicted octanol–water partition coefficient (Wildman–Crippen LogP) is 2.12. The summed E-state index contributed by atoms with van der Waals surface area (Å²) in [7, 11) is 1.56. The molecule has 6 heteroatoms. The Kier molecular flexibility index (Phi) is 5.70. The molecule has 21 heavy (non-hydrogen) atoms. The zero-order valence-electron chi connectivity index (χ0n) is 12.4. The number of carbonyl (C=O) groups is 1. The smallest absolute Gasteiger partial charge is 0.258 e. The zero-order valence-corrected chi connectivity index (χ0v) is 13.1. The van der Waals surface area contributed by atoms with E-state index in [0.717, 1.165) is 24.9 Å². The average molecular weight is 313 g/mol. The standard InChI is InChI=1S/C15H21ClN2O3/c1-3-17-8-10-6-11(16)7-13(20-2)15(10)21-9-14(19)18-12-4-5-12/h6-7,12,17H,3-5,8-9H2,1-2H3,(H,18,19). The van der Waals surface area contributed by atoms with Gasteiger partial charge in [-0.3, -0.25) is 4.79 Å². The van der Waals surface area contributed by atoms with Gasteiger partial charge >= 0.3 is 0 Å². The molecule has 1 aliphatic carbocycles. The number of methoxy groups -OCH3 is 1.